The first-order chi connectivity index (χ1) is 9.92. The predicted octanol–water partition coefficient (Wildman–Crippen LogP) is 2.25. The third-order valence-corrected chi connectivity index (χ3v) is 3.02. The number of aryl methyl sites for hydroxylation is 2. The second kappa shape index (κ2) is 5.59. The Morgan fingerprint density at radius 1 is 1.33 bits per heavy atom. The van der Waals surface area contributed by atoms with Gasteiger partial charge in [-0.05, 0) is 43.7 Å². The zero-order valence-electron chi connectivity index (χ0n) is 11.5. The van der Waals surface area contributed by atoms with Crippen molar-refractivity contribution in [3.05, 3.63) is 62.8 Å². The number of hydrogen-bond donors (Lipinski definition) is 2. The average Bonchev–Trinajstić information content (AvgIpc) is 2.43. The number of H-pyrrole nitrogens is 1. The van der Waals surface area contributed by atoms with Gasteiger partial charge in [-0.3, -0.25) is 9.59 Å². The molecule has 106 valence electrons. The predicted molar refractivity (Wildman–Crippen MR) is 75.6 cm³/mol. The van der Waals surface area contributed by atoms with Gasteiger partial charge in [0.05, 0.1) is 5.56 Å². The zero-order valence-corrected chi connectivity index (χ0v) is 11.5. The fourth-order valence-corrected chi connectivity index (χ4v) is 1.86. The van der Waals surface area contributed by atoms with E-state index in [1.807, 2.05) is 0 Å². The third-order valence-electron chi connectivity index (χ3n) is 3.02. The molecule has 0 radical (unpaired) electrons. The summed E-state index contributed by atoms with van der Waals surface area (Å²) in [4.78, 5) is 26.1. The first kappa shape index (κ1) is 14.5. The summed E-state index contributed by atoms with van der Waals surface area (Å²) in [5, 5.41) is 11.4. The van der Waals surface area contributed by atoms with Crippen LogP contribution in [-0.2, 0) is 0 Å². The molecule has 5 nitrogen and oxygen atoms in total. The number of aromatic nitrogens is 1. The van der Waals surface area contributed by atoms with Crippen molar-refractivity contribution >= 4 is 11.6 Å². The Balaban J connectivity index is 2.34. The lowest BCUT2D eigenvalue weighted by atomic mass is 10.1. The van der Waals surface area contributed by atoms with Gasteiger partial charge >= 0.3 is 0 Å². The van der Waals surface area contributed by atoms with E-state index in [9.17, 15) is 14.0 Å². The van der Waals surface area contributed by atoms with E-state index in [1.165, 1.54) is 24.3 Å². The van der Waals surface area contributed by atoms with Crippen LogP contribution in [0.25, 0.3) is 0 Å². The van der Waals surface area contributed by atoms with Crippen molar-refractivity contribution in [3.8, 4) is 6.07 Å². The van der Waals surface area contributed by atoms with Gasteiger partial charge in [0, 0.05) is 11.4 Å². The lowest BCUT2D eigenvalue weighted by Crippen LogP contribution is -2.20. The standard InChI is InChI=1S/C15H12FN3O2/c1-8-5-11(3-4-13(8)16)19-15(21)12-6-10(7-17)14(20)18-9(12)2/h3-6H,1-2H3,(H,18,20)(H,19,21). The van der Waals surface area contributed by atoms with E-state index in [2.05, 4.69) is 10.3 Å². The molecule has 0 aliphatic rings. The number of rotatable bonds is 2. The molecule has 6 heteroatoms. The van der Waals surface area contributed by atoms with Crippen molar-refractivity contribution in [2.75, 3.05) is 5.32 Å². The lowest BCUT2D eigenvalue weighted by molar-refractivity contribution is 0.102. The second-order valence-corrected chi connectivity index (χ2v) is 4.58. The number of nitriles is 1. The number of carbonyl (C=O) groups excluding carboxylic acids is 1. The molecule has 21 heavy (non-hydrogen) atoms. The molecule has 0 aliphatic carbocycles. The largest absolute Gasteiger partial charge is 0.325 e. The summed E-state index contributed by atoms with van der Waals surface area (Å²) in [6.45, 7) is 3.15. The SMILES string of the molecule is Cc1cc(NC(=O)c2cc(C#N)c(=O)[nH]c2C)ccc1F. The number of benzene rings is 1. The number of halogens is 1. The molecule has 1 aromatic heterocycles. The summed E-state index contributed by atoms with van der Waals surface area (Å²) < 4.78 is 13.2. The highest BCUT2D eigenvalue weighted by Crippen LogP contribution is 2.15. The molecule has 1 amide bonds. The van der Waals surface area contributed by atoms with E-state index in [0.717, 1.165) is 0 Å². The number of nitrogens with one attached hydrogen (secondary N) is 2. The Labute approximate surface area is 120 Å². The minimum atomic E-state index is -0.538. The normalized spacial score (nSPS) is 10.0. The van der Waals surface area contributed by atoms with E-state index in [0.29, 0.717) is 16.9 Å². The number of pyridine rings is 1. The van der Waals surface area contributed by atoms with Crippen LogP contribution in [0.3, 0.4) is 0 Å². The van der Waals surface area contributed by atoms with Gasteiger partial charge in [0.25, 0.3) is 11.5 Å². The first-order valence-electron chi connectivity index (χ1n) is 6.14. The van der Waals surface area contributed by atoms with E-state index in [4.69, 9.17) is 5.26 Å². The first-order valence-corrected chi connectivity index (χ1v) is 6.14. The Morgan fingerprint density at radius 2 is 2.05 bits per heavy atom. The van der Waals surface area contributed by atoms with Crippen LogP contribution in [0.2, 0.25) is 0 Å². The zero-order chi connectivity index (χ0) is 15.6. The van der Waals surface area contributed by atoms with E-state index >= 15 is 0 Å². The van der Waals surface area contributed by atoms with Crippen molar-refractivity contribution in [2.45, 2.75) is 13.8 Å². The van der Waals surface area contributed by atoms with Crippen molar-refractivity contribution in [3.63, 3.8) is 0 Å². The molecule has 0 fully saturated rings. The molecule has 0 saturated heterocycles. The summed E-state index contributed by atoms with van der Waals surface area (Å²) in [6.07, 6.45) is 0. The Bertz CT molecular complexity index is 819. The molecular weight excluding hydrogens is 273 g/mol. The van der Waals surface area contributed by atoms with Gasteiger partial charge < -0.3 is 10.3 Å². The topological polar surface area (TPSA) is 85.8 Å². The summed E-state index contributed by atoms with van der Waals surface area (Å²) in [5.41, 5.74) is 0.709. The van der Waals surface area contributed by atoms with Gasteiger partial charge in [-0.2, -0.15) is 5.26 Å². The molecule has 0 unspecified atom stereocenters. The van der Waals surface area contributed by atoms with Crippen molar-refractivity contribution in [1.82, 2.24) is 4.98 Å². The highest BCUT2D eigenvalue weighted by Gasteiger charge is 2.13. The van der Waals surface area contributed by atoms with Crippen molar-refractivity contribution in [2.24, 2.45) is 0 Å². The molecule has 0 bridgehead atoms. The van der Waals surface area contributed by atoms with Crippen LogP contribution < -0.4 is 10.9 Å². The number of aromatic amines is 1. The van der Waals surface area contributed by atoms with Gasteiger partial charge in [-0.15, -0.1) is 0 Å². The number of anilines is 1. The molecule has 0 aliphatic heterocycles. The lowest BCUT2D eigenvalue weighted by Gasteiger charge is -2.08. The number of hydrogen-bond acceptors (Lipinski definition) is 3. The summed E-state index contributed by atoms with van der Waals surface area (Å²) in [5.74, 6) is -0.841. The van der Waals surface area contributed by atoms with Crippen LogP contribution in [0, 0.1) is 31.0 Å². The number of carbonyl (C=O) groups is 1. The molecule has 2 N–H and O–H groups in total. The summed E-state index contributed by atoms with van der Waals surface area (Å²) in [7, 11) is 0. The highest BCUT2D eigenvalue weighted by molar-refractivity contribution is 6.05. The minimum Gasteiger partial charge on any atom is -0.325 e. The van der Waals surface area contributed by atoms with Crippen molar-refractivity contribution < 1.29 is 9.18 Å². The van der Waals surface area contributed by atoms with Gasteiger partial charge in [0.2, 0.25) is 0 Å². The summed E-state index contributed by atoms with van der Waals surface area (Å²) >= 11 is 0. The Morgan fingerprint density at radius 3 is 2.67 bits per heavy atom. The van der Waals surface area contributed by atoms with Crippen LogP contribution in [-0.4, -0.2) is 10.9 Å². The van der Waals surface area contributed by atoms with Gasteiger partial charge in [-0.1, -0.05) is 0 Å². The minimum absolute atomic E-state index is 0.138. The molecule has 0 saturated carbocycles. The number of nitrogens with zero attached hydrogens (tertiary/aromatic N) is 1. The molecular formula is C15H12FN3O2. The van der Waals surface area contributed by atoms with Gasteiger partial charge in [0.1, 0.15) is 17.4 Å². The monoisotopic (exact) mass is 285 g/mol. The quantitative estimate of drug-likeness (QED) is 0.887. The second-order valence-electron chi connectivity index (χ2n) is 4.58. The fraction of sp³-hybridized carbons (Fsp3) is 0.133. The third kappa shape index (κ3) is 2.98. The van der Waals surface area contributed by atoms with Gasteiger partial charge in [-0.25, -0.2) is 4.39 Å². The van der Waals surface area contributed by atoms with Crippen LogP contribution in [0.4, 0.5) is 10.1 Å². The molecule has 1 heterocycles. The Hall–Kier alpha value is -2.94. The van der Waals surface area contributed by atoms with E-state index in [1.54, 1.807) is 19.9 Å². The smallest absolute Gasteiger partial charge is 0.266 e. The van der Waals surface area contributed by atoms with E-state index in [-0.39, 0.29) is 16.9 Å². The van der Waals surface area contributed by atoms with Crippen LogP contribution in [0.5, 0.6) is 0 Å². The maximum absolute atomic E-state index is 13.2. The highest BCUT2D eigenvalue weighted by atomic mass is 19.1. The maximum Gasteiger partial charge on any atom is 0.266 e. The molecule has 2 rings (SSSR count). The van der Waals surface area contributed by atoms with Crippen LogP contribution >= 0.6 is 0 Å². The molecule has 1 aromatic carbocycles. The molecule has 0 atom stereocenters. The van der Waals surface area contributed by atoms with Crippen LogP contribution in [0.15, 0.2) is 29.1 Å². The number of amides is 1. The van der Waals surface area contributed by atoms with E-state index < -0.39 is 11.5 Å². The van der Waals surface area contributed by atoms with Gasteiger partial charge in [0.15, 0.2) is 0 Å². The van der Waals surface area contributed by atoms with Crippen LogP contribution in [0.1, 0.15) is 27.2 Å². The Kier molecular flexibility index (Phi) is 3.85. The molecule has 0 spiro atoms. The maximum atomic E-state index is 13.2. The molecule has 2 aromatic rings. The fourth-order valence-electron chi connectivity index (χ4n) is 1.86. The summed E-state index contributed by atoms with van der Waals surface area (Å²) in [6, 6.07) is 7.15. The average molecular weight is 285 g/mol. The van der Waals surface area contributed by atoms with Crippen molar-refractivity contribution in [1.29, 1.82) is 5.26 Å².